The highest BCUT2D eigenvalue weighted by Gasteiger charge is 2.36. The topological polar surface area (TPSA) is 76.0 Å². The quantitative estimate of drug-likeness (QED) is 0.468. The molecule has 1 aromatic carbocycles. The molecule has 0 bridgehead atoms. The molecule has 1 aromatic rings. The Labute approximate surface area is 188 Å². The van der Waals surface area contributed by atoms with Crippen LogP contribution in [0.15, 0.2) is 18.2 Å². The number of aliphatic hydroxyl groups is 2. The van der Waals surface area contributed by atoms with E-state index in [1.165, 1.54) is 11.9 Å². The van der Waals surface area contributed by atoms with Crippen molar-refractivity contribution >= 4 is 5.91 Å². The SMILES string of the molecule is CN(CCc1cc(C(F)(F)F)cc(C(F)(F)F)c1)C(=O)CN1CCC(NC(CO)CO)CC1. The summed E-state index contributed by atoms with van der Waals surface area (Å²) in [5, 5.41) is 21.4. The van der Waals surface area contributed by atoms with E-state index in [-0.39, 0.29) is 56.3 Å². The van der Waals surface area contributed by atoms with Gasteiger partial charge in [-0.3, -0.25) is 9.69 Å². The summed E-state index contributed by atoms with van der Waals surface area (Å²) >= 11 is 0. The Balaban J connectivity index is 1.89. The summed E-state index contributed by atoms with van der Waals surface area (Å²) in [4.78, 5) is 15.7. The first-order valence-corrected chi connectivity index (χ1v) is 10.6. The molecule has 0 unspecified atom stereocenters. The average Bonchev–Trinajstić information content (AvgIpc) is 2.75. The van der Waals surface area contributed by atoms with Crippen molar-refractivity contribution < 1.29 is 41.4 Å². The van der Waals surface area contributed by atoms with Crippen LogP contribution in [0.4, 0.5) is 26.3 Å². The van der Waals surface area contributed by atoms with Gasteiger partial charge in [-0.2, -0.15) is 26.3 Å². The molecule has 188 valence electrons. The smallest absolute Gasteiger partial charge is 0.395 e. The van der Waals surface area contributed by atoms with Gasteiger partial charge in [0.25, 0.3) is 0 Å². The van der Waals surface area contributed by atoms with Gasteiger partial charge in [-0.15, -0.1) is 0 Å². The monoisotopic (exact) mass is 485 g/mol. The third kappa shape index (κ3) is 8.43. The summed E-state index contributed by atoms with van der Waals surface area (Å²) in [6.07, 6.45) is -8.55. The fraction of sp³-hybridized carbons (Fsp3) is 0.667. The predicted molar refractivity (Wildman–Crippen MR) is 108 cm³/mol. The van der Waals surface area contributed by atoms with Crippen molar-refractivity contribution in [3.05, 3.63) is 34.9 Å². The van der Waals surface area contributed by atoms with E-state index in [2.05, 4.69) is 5.32 Å². The molecule has 0 atom stereocenters. The molecule has 1 saturated heterocycles. The molecule has 1 amide bonds. The van der Waals surface area contributed by atoms with E-state index in [4.69, 9.17) is 10.2 Å². The van der Waals surface area contributed by atoms with Crippen molar-refractivity contribution in [2.24, 2.45) is 0 Å². The second-order valence-corrected chi connectivity index (χ2v) is 8.26. The van der Waals surface area contributed by atoms with Crippen molar-refractivity contribution in [3.63, 3.8) is 0 Å². The van der Waals surface area contributed by atoms with Crippen LogP contribution in [0, 0.1) is 0 Å². The fourth-order valence-corrected chi connectivity index (χ4v) is 3.65. The van der Waals surface area contributed by atoms with Crippen molar-refractivity contribution in [1.29, 1.82) is 0 Å². The lowest BCUT2D eigenvalue weighted by molar-refractivity contribution is -0.143. The number of carbonyl (C=O) groups is 1. The highest BCUT2D eigenvalue weighted by Crippen LogP contribution is 2.36. The fourth-order valence-electron chi connectivity index (χ4n) is 3.65. The zero-order valence-electron chi connectivity index (χ0n) is 18.2. The maximum atomic E-state index is 13.0. The standard InChI is InChI=1S/C21H29F6N3O3/c1-29(19(33)11-30-6-3-17(4-7-30)28-18(12-31)13-32)5-2-14-8-15(20(22,23)24)10-16(9-14)21(25,26)27/h8-10,17-18,28,31-32H,2-7,11-13H2,1H3. The molecule has 1 fully saturated rings. The number of nitrogens with zero attached hydrogens (tertiary/aromatic N) is 2. The molecule has 33 heavy (non-hydrogen) atoms. The Hall–Kier alpha value is -1.89. The summed E-state index contributed by atoms with van der Waals surface area (Å²) in [5.41, 5.74) is -2.89. The number of nitrogens with one attached hydrogen (secondary N) is 1. The molecule has 6 nitrogen and oxygen atoms in total. The molecule has 0 spiro atoms. The molecule has 1 aliphatic heterocycles. The van der Waals surface area contributed by atoms with Gasteiger partial charge in [0.1, 0.15) is 0 Å². The summed E-state index contributed by atoms with van der Waals surface area (Å²) < 4.78 is 78.0. The van der Waals surface area contributed by atoms with Crippen LogP contribution in [0.3, 0.4) is 0 Å². The van der Waals surface area contributed by atoms with Crippen LogP contribution < -0.4 is 5.32 Å². The van der Waals surface area contributed by atoms with Gasteiger partial charge < -0.3 is 20.4 Å². The maximum Gasteiger partial charge on any atom is 0.416 e. The Morgan fingerprint density at radius 2 is 1.58 bits per heavy atom. The number of rotatable bonds is 9. The van der Waals surface area contributed by atoms with E-state index in [1.54, 1.807) is 0 Å². The number of likely N-dealkylation sites (N-methyl/N-ethyl adjacent to an activating group) is 1. The van der Waals surface area contributed by atoms with Gasteiger partial charge in [0, 0.05) is 32.7 Å². The minimum atomic E-state index is -4.91. The van der Waals surface area contributed by atoms with Gasteiger partial charge in [0.2, 0.25) is 5.91 Å². The molecular formula is C21H29F6N3O3. The number of benzene rings is 1. The highest BCUT2D eigenvalue weighted by molar-refractivity contribution is 5.78. The minimum absolute atomic E-state index is 0.0237. The van der Waals surface area contributed by atoms with Gasteiger partial charge in [-0.1, -0.05) is 0 Å². The Morgan fingerprint density at radius 3 is 2.03 bits per heavy atom. The van der Waals surface area contributed by atoms with E-state index in [9.17, 15) is 31.1 Å². The number of aliphatic hydroxyl groups excluding tert-OH is 2. The molecule has 12 heteroatoms. The normalized spacial score (nSPS) is 16.4. The van der Waals surface area contributed by atoms with Gasteiger partial charge in [-0.25, -0.2) is 0 Å². The van der Waals surface area contributed by atoms with Gasteiger partial charge in [-0.05, 0) is 43.0 Å². The van der Waals surface area contributed by atoms with Crippen molar-refractivity contribution in [1.82, 2.24) is 15.1 Å². The second kappa shape index (κ2) is 11.5. The second-order valence-electron chi connectivity index (χ2n) is 8.26. The van der Waals surface area contributed by atoms with Crippen LogP contribution in [0.2, 0.25) is 0 Å². The van der Waals surface area contributed by atoms with Crippen LogP contribution in [0.1, 0.15) is 29.5 Å². The van der Waals surface area contributed by atoms with Gasteiger partial charge in [0.15, 0.2) is 0 Å². The van der Waals surface area contributed by atoms with Crippen molar-refractivity contribution in [2.45, 2.75) is 43.7 Å². The molecule has 0 aromatic heterocycles. The lowest BCUT2D eigenvalue weighted by Gasteiger charge is -2.34. The molecule has 1 heterocycles. The lowest BCUT2D eigenvalue weighted by Crippen LogP contribution is -2.50. The molecule has 1 aliphatic rings. The zero-order valence-corrected chi connectivity index (χ0v) is 18.2. The van der Waals surface area contributed by atoms with E-state index >= 15 is 0 Å². The van der Waals surface area contributed by atoms with Crippen LogP contribution >= 0.6 is 0 Å². The number of amides is 1. The summed E-state index contributed by atoms with van der Waals surface area (Å²) in [5.74, 6) is -0.284. The minimum Gasteiger partial charge on any atom is -0.395 e. The number of likely N-dealkylation sites (tertiary alicyclic amines) is 1. The first-order valence-electron chi connectivity index (χ1n) is 10.6. The van der Waals surface area contributed by atoms with Crippen molar-refractivity contribution in [3.8, 4) is 0 Å². The number of carbonyl (C=O) groups excluding carboxylic acids is 1. The lowest BCUT2D eigenvalue weighted by atomic mass is 10.0. The predicted octanol–water partition coefficient (Wildman–Crippen LogP) is 2.13. The van der Waals surface area contributed by atoms with E-state index in [0.29, 0.717) is 38.1 Å². The highest BCUT2D eigenvalue weighted by atomic mass is 19.4. The van der Waals surface area contributed by atoms with Crippen LogP contribution in [-0.2, 0) is 23.6 Å². The summed E-state index contributed by atoms with van der Waals surface area (Å²) in [6, 6.07) is 1.14. The van der Waals surface area contributed by atoms with E-state index in [1.807, 2.05) is 4.90 Å². The molecule has 0 saturated carbocycles. The number of hydrogen-bond acceptors (Lipinski definition) is 5. The number of halogens is 6. The number of alkyl halides is 6. The summed E-state index contributed by atoms with van der Waals surface area (Å²) in [7, 11) is 1.46. The Morgan fingerprint density at radius 1 is 1.06 bits per heavy atom. The Bertz CT molecular complexity index is 743. The summed E-state index contributed by atoms with van der Waals surface area (Å²) in [6.45, 7) is 0.895. The van der Waals surface area contributed by atoms with Crippen molar-refractivity contribution in [2.75, 3.05) is 46.4 Å². The first-order chi connectivity index (χ1) is 15.3. The third-order valence-electron chi connectivity index (χ3n) is 5.67. The van der Waals surface area contributed by atoms with Crippen LogP contribution in [0.25, 0.3) is 0 Å². The molecular weight excluding hydrogens is 456 g/mol. The molecule has 2 rings (SSSR count). The first kappa shape index (κ1) is 27.4. The molecule has 0 radical (unpaired) electrons. The average molecular weight is 485 g/mol. The Kier molecular flexibility index (Phi) is 9.53. The van der Waals surface area contributed by atoms with Gasteiger partial charge in [0.05, 0.1) is 36.9 Å². The zero-order chi connectivity index (χ0) is 24.8. The molecule has 0 aliphatic carbocycles. The maximum absolute atomic E-state index is 13.0. The van der Waals surface area contributed by atoms with Gasteiger partial charge >= 0.3 is 12.4 Å². The third-order valence-corrected chi connectivity index (χ3v) is 5.67. The van der Waals surface area contributed by atoms with Crippen LogP contribution in [-0.4, -0.2) is 84.4 Å². The largest absolute Gasteiger partial charge is 0.416 e. The number of hydrogen-bond donors (Lipinski definition) is 3. The number of piperidine rings is 1. The van der Waals surface area contributed by atoms with E-state index < -0.39 is 29.5 Å². The van der Waals surface area contributed by atoms with Crippen LogP contribution in [0.5, 0.6) is 0 Å². The molecule has 3 N–H and O–H groups in total. The van der Waals surface area contributed by atoms with E-state index in [0.717, 1.165) is 0 Å².